The number of benzene rings is 9. The van der Waals surface area contributed by atoms with Gasteiger partial charge in [-0.15, -0.1) is 0 Å². The molecule has 2 nitrogen and oxygen atoms in total. The summed E-state index contributed by atoms with van der Waals surface area (Å²) in [6.07, 6.45) is 0.963. The van der Waals surface area contributed by atoms with Gasteiger partial charge >= 0.3 is 0 Å². The van der Waals surface area contributed by atoms with Crippen LogP contribution in [0.5, 0.6) is 0 Å². The highest BCUT2D eigenvalue weighted by Crippen LogP contribution is 2.51. The molecule has 9 aromatic carbocycles. The molecule has 322 valence electrons. The maximum Gasteiger partial charge on any atom is 0.0541 e. The topological polar surface area (TPSA) is 8.17 Å². The minimum absolute atomic E-state index is 0.0679. The fourth-order valence-corrected chi connectivity index (χ4v) is 10.5. The smallest absolute Gasteiger partial charge is 0.0541 e. The first-order chi connectivity index (χ1) is 31.9. The molecule has 11 rings (SSSR count). The molecule has 0 saturated heterocycles. The van der Waals surface area contributed by atoms with Crippen LogP contribution in [0.4, 0.5) is 17.1 Å². The molecule has 0 bridgehead atoms. The van der Waals surface area contributed by atoms with Gasteiger partial charge in [0.1, 0.15) is 0 Å². The first kappa shape index (κ1) is 41.3. The summed E-state index contributed by atoms with van der Waals surface area (Å²) >= 11 is 0. The van der Waals surface area contributed by atoms with E-state index in [0.29, 0.717) is 0 Å². The third kappa shape index (κ3) is 7.13. The molecule has 1 aliphatic rings. The monoisotopic (exact) mass is 852 g/mol. The van der Waals surface area contributed by atoms with Crippen LogP contribution in [0.25, 0.3) is 72.0 Å². The molecule has 1 heterocycles. The third-order valence-electron chi connectivity index (χ3n) is 14.1. The van der Waals surface area contributed by atoms with E-state index in [4.69, 9.17) is 0 Å². The van der Waals surface area contributed by atoms with E-state index in [1.807, 2.05) is 0 Å². The van der Waals surface area contributed by atoms with Crippen molar-refractivity contribution in [2.45, 2.75) is 65.7 Å². The summed E-state index contributed by atoms with van der Waals surface area (Å²) < 4.78 is 2.47. The van der Waals surface area contributed by atoms with Gasteiger partial charge in [0.05, 0.1) is 11.0 Å². The highest BCUT2D eigenvalue weighted by Gasteiger charge is 2.35. The molecule has 1 aromatic heterocycles. The van der Waals surface area contributed by atoms with Crippen LogP contribution in [0.3, 0.4) is 0 Å². The number of aromatic nitrogens is 1. The molecule has 10 aromatic rings. The minimum Gasteiger partial charge on any atom is -0.310 e. The first-order valence-corrected chi connectivity index (χ1v) is 23.6. The Morgan fingerprint density at radius 1 is 0.455 bits per heavy atom. The molecule has 0 fully saturated rings. The van der Waals surface area contributed by atoms with Crippen LogP contribution in [-0.4, -0.2) is 4.57 Å². The van der Waals surface area contributed by atoms with Crippen LogP contribution in [-0.2, 0) is 17.3 Å². The lowest BCUT2D eigenvalue weighted by Crippen LogP contribution is -2.16. The molecular weight excluding hydrogens is 797 g/mol. The van der Waals surface area contributed by atoms with Crippen LogP contribution in [0, 0.1) is 6.92 Å². The number of nitrogens with zero attached hydrogens (tertiary/aromatic N) is 2. The van der Waals surface area contributed by atoms with Crippen molar-refractivity contribution in [1.29, 1.82) is 0 Å². The van der Waals surface area contributed by atoms with E-state index in [2.05, 4.69) is 258 Å². The number of hydrogen-bond donors (Lipinski definition) is 0. The first-order valence-electron chi connectivity index (χ1n) is 23.6. The second-order valence-electron chi connectivity index (χ2n) is 19.9. The van der Waals surface area contributed by atoms with E-state index in [9.17, 15) is 0 Å². The molecule has 0 atom stereocenters. The van der Waals surface area contributed by atoms with Gasteiger partial charge in [-0.2, -0.15) is 0 Å². The Morgan fingerprint density at radius 2 is 1.05 bits per heavy atom. The Bertz CT molecular complexity index is 3450. The van der Waals surface area contributed by atoms with Crippen molar-refractivity contribution in [3.63, 3.8) is 0 Å². The van der Waals surface area contributed by atoms with E-state index in [-0.39, 0.29) is 10.8 Å². The van der Waals surface area contributed by atoms with Gasteiger partial charge < -0.3 is 9.47 Å². The van der Waals surface area contributed by atoms with Crippen molar-refractivity contribution in [1.82, 2.24) is 4.57 Å². The molecule has 0 aliphatic heterocycles. The standard InChI is InChI=1S/C64H56N2/c1-8-43-36-49(48-34-42(2)35-50(38-48)63(3,4)5)39-54(37-43)66-61-21-15-13-19-57(61)58-40-47(26-33-62(58)66)46-24-29-52(30-25-46)65(51-27-22-45(23-28-51)44-16-10-9-11-17-44)53-31-32-56-55-18-12-14-20-59(55)64(6,7)60(56)41-53/h9-41H,8H2,1-7H3. The molecule has 66 heavy (non-hydrogen) atoms. The molecule has 1 aliphatic carbocycles. The number of aryl methyl sites for hydroxylation is 2. The Kier molecular flexibility index (Phi) is 9.97. The van der Waals surface area contributed by atoms with Crippen LogP contribution < -0.4 is 4.90 Å². The predicted octanol–water partition coefficient (Wildman–Crippen LogP) is 17.7. The van der Waals surface area contributed by atoms with Gasteiger partial charge in [-0.1, -0.05) is 181 Å². The summed E-state index contributed by atoms with van der Waals surface area (Å²) in [5.41, 5.74) is 23.7. The van der Waals surface area contributed by atoms with E-state index in [1.54, 1.807) is 0 Å². The van der Waals surface area contributed by atoms with Gasteiger partial charge in [0.2, 0.25) is 0 Å². The fourth-order valence-electron chi connectivity index (χ4n) is 10.5. The molecule has 0 radical (unpaired) electrons. The lowest BCUT2D eigenvalue weighted by atomic mass is 9.82. The number of fused-ring (bicyclic) bond motifs is 6. The van der Waals surface area contributed by atoms with Crippen LogP contribution in [0.1, 0.15) is 69.4 Å². The zero-order chi connectivity index (χ0) is 45.3. The fraction of sp³-hybridized carbons (Fsp3) is 0.156. The SMILES string of the molecule is CCc1cc(-c2cc(C)cc(C(C)(C)C)c2)cc(-n2c3ccccc3c3cc(-c4ccc(N(c5ccc(-c6ccccc6)cc5)c5ccc6c(c5)C(C)(C)c5ccccc5-6)cc4)ccc32)c1. The van der Waals surface area contributed by atoms with Gasteiger partial charge in [-0.3, -0.25) is 0 Å². The third-order valence-corrected chi connectivity index (χ3v) is 14.1. The minimum atomic E-state index is -0.103. The zero-order valence-electron chi connectivity index (χ0n) is 39.2. The maximum atomic E-state index is 2.47. The summed E-state index contributed by atoms with van der Waals surface area (Å²) in [5, 5.41) is 2.51. The highest BCUT2D eigenvalue weighted by molar-refractivity contribution is 6.10. The van der Waals surface area contributed by atoms with Crippen LogP contribution in [0.2, 0.25) is 0 Å². The molecule has 0 unspecified atom stereocenters. The average Bonchev–Trinajstić information content (AvgIpc) is 3.79. The highest BCUT2D eigenvalue weighted by atomic mass is 15.1. The van der Waals surface area contributed by atoms with Gasteiger partial charge in [0.25, 0.3) is 0 Å². The van der Waals surface area contributed by atoms with Crippen molar-refractivity contribution < 1.29 is 0 Å². The second-order valence-corrected chi connectivity index (χ2v) is 19.9. The molecule has 0 saturated carbocycles. The second kappa shape index (κ2) is 15.9. The molecule has 0 amide bonds. The van der Waals surface area contributed by atoms with E-state index in [0.717, 1.165) is 23.5 Å². The van der Waals surface area contributed by atoms with Gasteiger partial charge in [-0.25, -0.2) is 0 Å². The number of rotatable bonds is 8. The Balaban J connectivity index is 0.992. The van der Waals surface area contributed by atoms with Crippen molar-refractivity contribution in [3.8, 4) is 50.2 Å². The summed E-state index contributed by atoms with van der Waals surface area (Å²) in [4.78, 5) is 2.41. The Labute approximate surface area is 390 Å². The van der Waals surface area contributed by atoms with Gasteiger partial charge in [0, 0.05) is 38.9 Å². The Hall–Kier alpha value is -7.42. The largest absolute Gasteiger partial charge is 0.310 e. The van der Waals surface area contributed by atoms with Crippen molar-refractivity contribution >= 4 is 38.9 Å². The van der Waals surface area contributed by atoms with Gasteiger partial charge in [-0.05, 0) is 152 Å². The summed E-state index contributed by atoms with van der Waals surface area (Å²) in [5.74, 6) is 0. The molecular formula is C64H56N2. The normalized spacial score (nSPS) is 13.0. The predicted molar refractivity (Wildman–Crippen MR) is 282 cm³/mol. The molecule has 2 heteroatoms. The van der Waals surface area contributed by atoms with Crippen LogP contribution in [0.15, 0.2) is 200 Å². The van der Waals surface area contributed by atoms with Crippen molar-refractivity contribution in [2.24, 2.45) is 0 Å². The van der Waals surface area contributed by atoms with Crippen molar-refractivity contribution in [2.75, 3.05) is 4.90 Å². The van der Waals surface area contributed by atoms with Crippen LogP contribution >= 0.6 is 0 Å². The molecule has 0 spiro atoms. The molecule has 0 N–H and O–H groups in total. The lowest BCUT2D eigenvalue weighted by molar-refractivity contribution is 0.590. The van der Waals surface area contributed by atoms with E-state index >= 15 is 0 Å². The Morgan fingerprint density at radius 3 is 1.77 bits per heavy atom. The number of anilines is 3. The zero-order valence-corrected chi connectivity index (χ0v) is 39.2. The summed E-state index contributed by atoms with van der Waals surface area (Å²) in [6.45, 7) is 16.1. The maximum absolute atomic E-state index is 2.47. The number of hydrogen-bond acceptors (Lipinski definition) is 1. The summed E-state index contributed by atoms with van der Waals surface area (Å²) in [6, 6.07) is 74.8. The van der Waals surface area contributed by atoms with Crippen molar-refractivity contribution in [3.05, 3.63) is 228 Å². The lowest BCUT2D eigenvalue weighted by Gasteiger charge is -2.28. The number of para-hydroxylation sites is 1. The average molecular weight is 853 g/mol. The van der Waals surface area contributed by atoms with E-state index < -0.39 is 0 Å². The summed E-state index contributed by atoms with van der Waals surface area (Å²) in [7, 11) is 0. The van der Waals surface area contributed by atoms with E-state index in [1.165, 1.54) is 99.8 Å². The van der Waals surface area contributed by atoms with Gasteiger partial charge in [0.15, 0.2) is 0 Å². The quantitative estimate of drug-likeness (QED) is 0.148.